The van der Waals surface area contributed by atoms with Crippen LogP contribution < -0.4 is 5.32 Å². The van der Waals surface area contributed by atoms with Gasteiger partial charge in [0.2, 0.25) is 5.91 Å². The van der Waals surface area contributed by atoms with Gasteiger partial charge in [0.25, 0.3) is 0 Å². The molecule has 4 heteroatoms. The monoisotopic (exact) mass is 185 g/mol. The van der Waals surface area contributed by atoms with E-state index in [1.165, 1.54) is 6.92 Å². The van der Waals surface area contributed by atoms with Gasteiger partial charge in [-0.1, -0.05) is 0 Å². The number of carbonyl (C=O) groups is 1. The van der Waals surface area contributed by atoms with Gasteiger partial charge in [0.15, 0.2) is 0 Å². The van der Waals surface area contributed by atoms with Gasteiger partial charge in [-0.05, 0) is 19.8 Å². The molecule has 0 fully saturated rings. The van der Waals surface area contributed by atoms with Gasteiger partial charge >= 0.3 is 0 Å². The van der Waals surface area contributed by atoms with E-state index in [1.807, 2.05) is 11.9 Å². The highest BCUT2D eigenvalue weighted by Gasteiger charge is 1.97. The molecular weight excluding hydrogens is 166 g/mol. The third kappa shape index (κ3) is 7.31. The Morgan fingerprint density at radius 3 is 2.46 bits per heavy atom. The van der Waals surface area contributed by atoms with Crippen molar-refractivity contribution < 1.29 is 4.79 Å². The van der Waals surface area contributed by atoms with Gasteiger partial charge in [0.1, 0.15) is 0 Å². The smallest absolute Gasteiger partial charge is 0.216 e. The summed E-state index contributed by atoms with van der Waals surface area (Å²) in [6.07, 6.45) is 1.98. The fourth-order valence-corrected chi connectivity index (χ4v) is 0.906. The van der Waals surface area contributed by atoms with E-state index in [9.17, 15) is 4.79 Å². The lowest BCUT2D eigenvalue weighted by Gasteiger charge is -2.16. The zero-order valence-electron chi connectivity index (χ0n) is 8.68. The summed E-state index contributed by atoms with van der Waals surface area (Å²) in [4.78, 5) is 12.4. The lowest BCUT2D eigenvalue weighted by Crippen LogP contribution is -2.26. The van der Waals surface area contributed by atoms with Crippen LogP contribution in [0.2, 0.25) is 0 Å². The van der Waals surface area contributed by atoms with E-state index in [1.54, 1.807) is 6.92 Å². The van der Waals surface area contributed by atoms with E-state index in [-0.39, 0.29) is 5.91 Å². The Morgan fingerprint density at radius 1 is 1.38 bits per heavy atom. The minimum atomic E-state index is 0.0246. The number of carbonyl (C=O) groups excluding carboxylic acids is 1. The molecule has 0 rings (SSSR count). The lowest BCUT2D eigenvalue weighted by atomic mass is 10.3. The predicted octanol–water partition coefficient (Wildman–Crippen LogP) is 0.832. The molecule has 0 radical (unpaired) electrons. The highest BCUT2D eigenvalue weighted by atomic mass is 16.1. The van der Waals surface area contributed by atoms with Gasteiger partial charge in [-0.2, -0.15) is 0 Å². The summed E-state index contributed by atoms with van der Waals surface area (Å²) in [5.41, 5.74) is 0. The first-order chi connectivity index (χ1) is 6.04. The molecular formula is C9H19N3O. The number of nitrogens with one attached hydrogen (secondary N) is 2. The van der Waals surface area contributed by atoms with Gasteiger partial charge < -0.3 is 10.2 Å². The van der Waals surface area contributed by atoms with Crippen molar-refractivity contribution in [2.24, 2.45) is 0 Å². The maximum absolute atomic E-state index is 10.5. The van der Waals surface area contributed by atoms with Crippen molar-refractivity contribution in [1.29, 1.82) is 5.41 Å². The number of unbranched alkanes of at least 4 members (excludes halogenated alkanes) is 1. The van der Waals surface area contributed by atoms with Crippen molar-refractivity contribution >= 4 is 11.7 Å². The van der Waals surface area contributed by atoms with Crippen molar-refractivity contribution in [3.63, 3.8) is 0 Å². The third-order valence-corrected chi connectivity index (χ3v) is 1.87. The Hall–Kier alpha value is -1.06. The fraction of sp³-hybridized carbons (Fsp3) is 0.778. The molecule has 2 N–H and O–H groups in total. The first kappa shape index (κ1) is 11.9. The van der Waals surface area contributed by atoms with Gasteiger partial charge in [0, 0.05) is 27.1 Å². The second-order valence-corrected chi connectivity index (χ2v) is 3.20. The maximum Gasteiger partial charge on any atom is 0.216 e. The SMILES string of the molecule is CC(=N)N(C)CCCCNC(C)=O. The molecule has 4 nitrogen and oxygen atoms in total. The van der Waals surface area contributed by atoms with Crippen molar-refractivity contribution in [3.8, 4) is 0 Å². The molecule has 0 heterocycles. The molecule has 0 aromatic carbocycles. The van der Waals surface area contributed by atoms with Gasteiger partial charge in [0.05, 0.1) is 5.84 Å². The van der Waals surface area contributed by atoms with E-state index < -0.39 is 0 Å². The van der Waals surface area contributed by atoms with Crippen LogP contribution in [0.5, 0.6) is 0 Å². The Bertz CT molecular complexity index is 180. The lowest BCUT2D eigenvalue weighted by molar-refractivity contribution is -0.118. The number of amidine groups is 1. The molecule has 0 saturated heterocycles. The molecule has 13 heavy (non-hydrogen) atoms. The molecule has 0 saturated carbocycles. The molecule has 0 aliphatic rings. The third-order valence-electron chi connectivity index (χ3n) is 1.87. The zero-order valence-corrected chi connectivity index (χ0v) is 8.68. The Balaban J connectivity index is 3.26. The van der Waals surface area contributed by atoms with E-state index >= 15 is 0 Å². The van der Waals surface area contributed by atoms with Crippen LogP contribution in [0.3, 0.4) is 0 Å². The van der Waals surface area contributed by atoms with Gasteiger partial charge in [-0.3, -0.25) is 10.2 Å². The quantitative estimate of drug-likeness (QED) is 0.379. The van der Waals surface area contributed by atoms with E-state index in [4.69, 9.17) is 5.41 Å². The topological polar surface area (TPSA) is 56.2 Å². The largest absolute Gasteiger partial charge is 0.364 e. The average Bonchev–Trinajstić information content (AvgIpc) is 2.02. The number of nitrogens with zero attached hydrogens (tertiary/aromatic N) is 1. The van der Waals surface area contributed by atoms with E-state index in [2.05, 4.69) is 5.32 Å². The first-order valence-corrected chi connectivity index (χ1v) is 4.54. The number of hydrogen-bond donors (Lipinski definition) is 2. The molecule has 0 unspecified atom stereocenters. The van der Waals surface area contributed by atoms with Crippen LogP contribution in [0.1, 0.15) is 26.7 Å². The maximum atomic E-state index is 10.5. The normalized spacial score (nSPS) is 9.46. The van der Waals surface area contributed by atoms with Gasteiger partial charge in [-0.25, -0.2) is 0 Å². The van der Waals surface area contributed by atoms with Crippen LogP contribution in [0, 0.1) is 5.41 Å². The highest BCUT2D eigenvalue weighted by molar-refractivity contribution is 5.75. The van der Waals surface area contributed by atoms with E-state index in [0.717, 1.165) is 25.9 Å². The molecule has 0 atom stereocenters. The molecule has 0 aromatic rings. The van der Waals surface area contributed by atoms with Crippen molar-refractivity contribution in [1.82, 2.24) is 10.2 Å². The van der Waals surface area contributed by atoms with Gasteiger partial charge in [-0.15, -0.1) is 0 Å². The van der Waals surface area contributed by atoms with Crippen LogP contribution in [-0.2, 0) is 4.79 Å². The summed E-state index contributed by atoms with van der Waals surface area (Å²) >= 11 is 0. The fourth-order valence-electron chi connectivity index (χ4n) is 0.906. The molecule has 0 bridgehead atoms. The summed E-state index contributed by atoms with van der Waals surface area (Å²) in [6, 6.07) is 0. The van der Waals surface area contributed by atoms with Crippen LogP contribution in [0.15, 0.2) is 0 Å². The summed E-state index contributed by atoms with van der Waals surface area (Å²) < 4.78 is 0. The Kier molecular flexibility index (Phi) is 5.93. The van der Waals surface area contributed by atoms with Crippen molar-refractivity contribution in [2.75, 3.05) is 20.1 Å². The standard InChI is InChI=1S/C9H19N3O/c1-8(10)12(3)7-5-4-6-11-9(2)13/h10H,4-7H2,1-3H3,(H,11,13). The minimum absolute atomic E-state index is 0.0246. The summed E-state index contributed by atoms with van der Waals surface area (Å²) in [6.45, 7) is 4.91. The molecule has 76 valence electrons. The zero-order chi connectivity index (χ0) is 10.3. The molecule has 0 aliphatic carbocycles. The first-order valence-electron chi connectivity index (χ1n) is 4.54. The molecule has 1 amide bonds. The molecule has 0 aromatic heterocycles. The summed E-state index contributed by atoms with van der Waals surface area (Å²) in [5, 5.41) is 10.0. The Labute approximate surface area is 79.8 Å². The molecule has 0 spiro atoms. The second-order valence-electron chi connectivity index (χ2n) is 3.20. The van der Waals surface area contributed by atoms with Crippen LogP contribution >= 0.6 is 0 Å². The number of rotatable bonds is 5. The van der Waals surface area contributed by atoms with E-state index in [0.29, 0.717) is 5.84 Å². The molecule has 0 aliphatic heterocycles. The van der Waals surface area contributed by atoms with Crippen LogP contribution in [0.25, 0.3) is 0 Å². The summed E-state index contributed by atoms with van der Waals surface area (Å²) in [5.74, 6) is 0.608. The van der Waals surface area contributed by atoms with Crippen molar-refractivity contribution in [2.45, 2.75) is 26.7 Å². The Morgan fingerprint density at radius 2 is 2.00 bits per heavy atom. The second kappa shape index (κ2) is 6.46. The van der Waals surface area contributed by atoms with Crippen LogP contribution in [0.4, 0.5) is 0 Å². The number of amides is 1. The minimum Gasteiger partial charge on any atom is -0.364 e. The highest BCUT2D eigenvalue weighted by Crippen LogP contribution is 1.92. The predicted molar refractivity (Wildman–Crippen MR) is 53.9 cm³/mol. The van der Waals surface area contributed by atoms with Crippen molar-refractivity contribution in [3.05, 3.63) is 0 Å². The summed E-state index contributed by atoms with van der Waals surface area (Å²) in [7, 11) is 1.90. The average molecular weight is 185 g/mol. The van der Waals surface area contributed by atoms with Crippen LogP contribution in [-0.4, -0.2) is 36.8 Å². The number of hydrogen-bond acceptors (Lipinski definition) is 2.